The van der Waals surface area contributed by atoms with E-state index in [-0.39, 0.29) is 22.5 Å². The molecule has 2 rings (SSSR count). The molecule has 1 saturated heterocycles. The first-order chi connectivity index (χ1) is 9.43. The number of hydrogen-bond acceptors (Lipinski definition) is 4. The molecule has 0 aromatic heterocycles. The Labute approximate surface area is 119 Å². The Hall–Kier alpha value is -1.40. The third-order valence-electron chi connectivity index (χ3n) is 3.40. The van der Waals surface area contributed by atoms with Gasteiger partial charge in [0, 0.05) is 19.3 Å². The quantitative estimate of drug-likeness (QED) is 0.844. The van der Waals surface area contributed by atoms with E-state index in [4.69, 9.17) is 4.74 Å². The molecule has 0 saturated carbocycles. The van der Waals surface area contributed by atoms with Crippen LogP contribution in [0.5, 0.6) is 0 Å². The first kappa shape index (κ1) is 15.0. The van der Waals surface area contributed by atoms with Crippen LogP contribution in [0.2, 0.25) is 0 Å². The zero-order chi connectivity index (χ0) is 14.8. The summed E-state index contributed by atoms with van der Waals surface area (Å²) in [5, 5.41) is 0. The lowest BCUT2D eigenvalue weighted by Crippen LogP contribution is -2.45. The topological polar surface area (TPSA) is 63.7 Å². The van der Waals surface area contributed by atoms with Gasteiger partial charge in [-0.25, -0.2) is 8.42 Å². The minimum atomic E-state index is -3.41. The molecule has 1 atom stereocenters. The Bertz CT molecular complexity index is 597. The van der Waals surface area contributed by atoms with Crippen LogP contribution in [0.3, 0.4) is 0 Å². The van der Waals surface area contributed by atoms with Gasteiger partial charge in [0.05, 0.1) is 23.2 Å². The largest absolute Gasteiger partial charge is 0.375 e. The smallest absolute Gasteiger partial charge is 0.255 e. The highest BCUT2D eigenvalue weighted by atomic mass is 32.2. The van der Waals surface area contributed by atoms with E-state index >= 15 is 0 Å². The van der Waals surface area contributed by atoms with E-state index in [1.165, 1.54) is 6.07 Å². The average Bonchev–Trinajstić information content (AvgIpc) is 2.45. The summed E-state index contributed by atoms with van der Waals surface area (Å²) in [6.45, 7) is 3.50. The van der Waals surface area contributed by atoms with Gasteiger partial charge in [-0.15, -0.1) is 0 Å². The van der Waals surface area contributed by atoms with Gasteiger partial charge >= 0.3 is 0 Å². The highest BCUT2D eigenvalue weighted by Gasteiger charge is 2.27. The SMILES string of the molecule is CC[C@H]1CN(C(=O)c2ccccc2S(C)(=O)=O)CCO1. The van der Waals surface area contributed by atoms with Crippen LogP contribution >= 0.6 is 0 Å². The highest BCUT2D eigenvalue weighted by Crippen LogP contribution is 2.19. The van der Waals surface area contributed by atoms with Crippen molar-refractivity contribution in [1.82, 2.24) is 4.90 Å². The molecule has 5 nitrogen and oxygen atoms in total. The molecule has 1 heterocycles. The van der Waals surface area contributed by atoms with E-state index < -0.39 is 9.84 Å². The zero-order valence-corrected chi connectivity index (χ0v) is 12.5. The van der Waals surface area contributed by atoms with Gasteiger partial charge in [0.15, 0.2) is 9.84 Å². The number of rotatable bonds is 3. The summed E-state index contributed by atoms with van der Waals surface area (Å²) >= 11 is 0. The van der Waals surface area contributed by atoms with Crippen LogP contribution in [0.4, 0.5) is 0 Å². The Balaban J connectivity index is 2.30. The lowest BCUT2D eigenvalue weighted by Gasteiger charge is -2.32. The van der Waals surface area contributed by atoms with Gasteiger partial charge in [-0.3, -0.25) is 4.79 Å². The number of carbonyl (C=O) groups is 1. The summed E-state index contributed by atoms with van der Waals surface area (Å²) in [7, 11) is -3.41. The van der Waals surface area contributed by atoms with E-state index in [9.17, 15) is 13.2 Å². The standard InChI is InChI=1S/C14H19NO4S/c1-3-11-10-15(8-9-19-11)14(16)12-6-4-5-7-13(12)20(2,17)18/h4-7,11H,3,8-10H2,1-2H3/t11-/m0/s1. The van der Waals surface area contributed by atoms with Gasteiger partial charge < -0.3 is 9.64 Å². The van der Waals surface area contributed by atoms with Crippen LogP contribution < -0.4 is 0 Å². The second kappa shape index (κ2) is 5.93. The van der Waals surface area contributed by atoms with Crippen molar-refractivity contribution in [3.63, 3.8) is 0 Å². The summed E-state index contributed by atoms with van der Waals surface area (Å²) in [4.78, 5) is 14.3. The van der Waals surface area contributed by atoms with Gasteiger partial charge in [0.2, 0.25) is 0 Å². The Morgan fingerprint density at radius 2 is 2.10 bits per heavy atom. The minimum Gasteiger partial charge on any atom is -0.375 e. The summed E-state index contributed by atoms with van der Waals surface area (Å²) in [6, 6.07) is 6.34. The Morgan fingerprint density at radius 3 is 2.75 bits per heavy atom. The van der Waals surface area contributed by atoms with Gasteiger partial charge in [-0.1, -0.05) is 19.1 Å². The number of nitrogens with zero attached hydrogens (tertiary/aromatic N) is 1. The minimum absolute atomic E-state index is 0.0260. The third kappa shape index (κ3) is 3.19. The monoisotopic (exact) mass is 297 g/mol. The fourth-order valence-corrected chi connectivity index (χ4v) is 3.17. The third-order valence-corrected chi connectivity index (χ3v) is 4.55. The second-order valence-corrected chi connectivity index (χ2v) is 6.90. The molecular weight excluding hydrogens is 278 g/mol. The molecule has 6 heteroatoms. The van der Waals surface area contributed by atoms with Gasteiger partial charge in [0.1, 0.15) is 0 Å². The molecule has 1 aliphatic rings. The molecule has 1 aromatic carbocycles. The molecule has 1 amide bonds. The van der Waals surface area contributed by atoms with Crippen molar-refractivity contribution in [2.75, 3.05) is 26.0 Å². The molecule has 20 heavy (non-hydrogen) atoms. The van der Waals surface area contributed by atoms with Crippen molar-refractivity contribution in [3.8, 4) is 0 Å². The van der Waals surface area contributed by atoms with Crippen molar-refractivity contribution < 1.29 is 17.9 Å². The Morgan fingerprint density at radius 1 is 1.40 bits per heavy atom. The fourth-order valence-electron chi connectivity index (χ4n) is 2.29. The summed E-state index contributed by atoms with van der Waals surface area (Å²) < 4.78 is 29.1. The normalized spacial score (nSPS) is 19.9. The van der Waals surface area contributed by atoms with Crippen molar-refractivity contribution in [3.05, 3.63) is 29.8 Å². The van der Waals surface area contributed by atoms with E-state index in [1.54, 1.807) is 23.1 Å². The van der Waals surface area contributed by atoms with E-state index in [2.05, 4.69) is 0 Å². The molecule has 1 fully saturated rings. The van der Waals surface area contributed by atoms with Gasteiger partial charge in [-0.05, 0) is 18.6 Å². The van der Waals surface area contributed by atoms with Crippen LogP contribution in [-0.2, 0) is 14.6 Å². The fraction of sp³-hybridized carbons (Fsp3) is 0.500. The maximum absolute atomic E-state index is 12.5. The zero-order valence-electron chi connectivity index (χ0n) is 11.7. The Kier molecular flexibility index (Phi) is 4.45. The number of ether oxygens (including phenoxy) is 1. The second-order valence-electron chi connectivity index (χ2n) is 4.92. The molecule has 0 unspecified atom stereocenters. The van der Waals surface area contributed by atoms with Crippen LogP contribution in [0.15, 0.2) is 29.2 Å². The number of amides is 1. The van der Waals surface area contributed by atoms with Gasteiger partial charge in [-0.2, -0.15) is 0 Å². The molecule has 0 aliphatic carbocycles. The number of carbonyl (C=O) groups excluding carboxylic acids is 1. The summed E-state index contributed by atoms with van der Waals surface area (Å²) in [5.41, 5.74) is 0.242. The number of morpholine rings is 1. The maximum atomic E-state index is 12.5. The molecule has 0 spiro atoms. The van der Waals surface area contributed by atoms with Crippen molar-refractivity contribution in [2.45, 2.75) is 24.3 Å². The predicted molar refractivity (Wildman–Crippen MR) is 75.5 cm³/mol. The number of sulfone groups is 1. The average molecular weight is 297 g/mol. The predicted octanol–water partition coefficient (Wildman–Crippen LogP) is 1.34. The van der Waals surface area contributed by atoms with Crippen LogP contribution in [0.25, 0.3) is 0 Å². The molecule has 110 valence electrons. The lowest BCUT2D eigenvalue weighted by atomic mass is 10.1. The van der Waals surface area contributed by atoms with Crippen LogP contribution in [0, 0.1) is 0 Å². The number of benzene rings is 1. The summed E-state index contributed by atoms with van der Waals surface area (Å²) in [5.74, 6) is -0.243. The van der Waals surface area contributed by atoms with E-state index in [0.29, 0.717) is 19.7 Å². The van der Waals surface area contributed by atoms with Crippen molar-refractivity contribution in [2.24, 2.45) is 0 Å². The molecule has 0 bridgehead atoms. The number of hydrogen-bond donors (Lipinski definition) is 0. The van der Waals surface area contributed by atoms with Crippen LogP contribution in [0.1, 0.15) is 23.7 Å². The first-order valence-electron chi connectivity index (χ1n) is 6.63. The van der Waals surface area contributed by atoms with Crippen molar-refractivity contribution >= 4 is 15.7 Å². The lowest BCUT2D eigenvalue weighted by molar-refractivity contribution is -0.0227. The summed E-state index contributed by atoms with van der Waals surface area (Å²) in [6.07, 6.45) is 1.98. The van der Waals surface area contributed by atoms with Gasteiger partial charge in [0.25, 0.3) is 5.91 Å². The van der Waals surface area contributed by atoms with Crippen LogP contribution in [-0.4, -0.2) is 51.3 Å². The maximum Gasteiger partial charge on any atom is 0.255 e. The molecule has 0 radical (unpaired) electrons. The first-order valence-corrected chi connectivity index (χ1v) is 8.52. The molecule has 1 aliphatic heterocycles. The molecular formula is C14H19NO4S. The molecule has 1 aromatic rings. The van der Waals surface area contributed by atoms with E-state index in [1.807, 2.05) is 6.92 Å². The van der Waals surface area contributed by atoms with E-state index in [0.717, 1.165) is 12.7 Å². The molecule has 0 N–H and O–H groups in total. The van der Waals surface area contributed by atoms with Crippen molar-refractivity contribution in [1.29, 1.82) is 0 Å². The highest BCUT2D eigenvalue weighted by molar-refractivity contribution is 7.90.